The Labute approximate surface area is 261 Å². The second kappa shape index (κ2) is 9.85. The summed E-state index contributed by atoms with van der Waals surface area (Å²) in [4.78, 5) is 53.3. The zero-order valence-corrected chi connectivity index (χ0v) is 25.4. The number of carbonyl (C=O) groups excluding carboxylic acids is 2. The van der Waals surface area contributed by atoms with E-state index < -0.39 is 61.3 Å². The van der Waals surface area contributed by atoms with Gasteiger partial charge in [-0.25, -0.2) is 13.2 Å². The maximum atomic E-state index is 14.3. The normalized spacial score (nSPS) is 27.8. The lowest BCUT2D eigenvalue weighted by atomic mass is 9.82. The van der Waals surface area contributed by atoms with Crippen molar-refractivity contribution in [1.29, 1.82) is 0 Å². The van der Waals surface area contributed by atoms with E-state index in [1.165, 1.54) is 25.1 Å². The van der Waals surface area contributed by atoms with Gasteiger partial charge >= 0.3 is 6.09 Å². The lowest BCUT2D eigenvalue weighted by molar-refractivity contribution is -0.388. The summed E-state index contributed by atoms with van der Waals surface area (Å²) in [5, 5.41) is 37.9. The highest BCUT2D eigenvalue weighted by Gasteiger charge is 2.73. The number of aromatic nitrogens is 1. The Hall–Kier alpha value is -4.80. The molecule has 1 saturated carbocycles. The summed E-state index contributed by atoms with van der Waals surface area (Å²) in [7, 11) is -4.18. The average molecular weight is 652 g/mol. The fourth-order valence-corrected chi connectivity index (χ4v) is 8.60. The number of benzene rings is 2. The summed E-state index contributed by atoms with van der Waals surface area (Å²) >= 11 is 0. The van der Waals surface area contributed by atoms with Gasteiger partial charge in [-0.1, -0.05) is 31.2 Å². The highest BCUT2D eigenvalue weighted by molar-refractivity contribution is 7.89. The standard InChI is InChI=1S/C30H29N5O10S/c1-14-10-19(14)16-6-7-20-22(12-16)45-30(40)24-18(4-3-5-21(24)35(41)42)26(36)29(20,30)33-27(37)25-15(2)11-23(32-25)46(43,44)34-9-8-17(13-34)31-28(38)39/h3-7,11-12,14,17,19,31-32,40H,8-10,13H2,1-2H3,(H,33,37)(H,38,39)/t14-,17+,19-,29?,30?/m1/s1. The van der Waals surface area contributed by atoms with Crippen molar-refractivity contribution in [2.75, 3.05) is 13.1 Å². The molecule has 1 saturated heterocycles. The summed E-state index contributed by atoms with van der Waals surface area (Å²) in [5.41, 5.74) is -2.56. The molecule has 5 N–H and O–H groups in total. The Morgan fingerprint density at radius 3 is 2.63 bits per heavy atom. The molecule has 5 atom stereocenters. The third-order valence-electron chi connectivity index (χ3n) is 9.49. The van der Waals surface area contributed by atoms with Crippen molar-refractivity contribution in [3.63, 3.8) is 0 Å². The van der Waals surface area contributed by atoms with Crippen LogP contribution in [-0.2, 0) is 21.3 Å². The molecule has 2 aliphatic carbocycles. The number of carbonyl (C=O) groups is 3. The number of nitro groups is 1. The lowest BCUT2D eigenvalue weighted by Crippen LogP contribution is -2.60. The van der Waals surface area contributed by atoms with Gasteiger partial charge in [-0.15, -0.1) is 0 Å². The van der Waals surface area contributed by atoms with Crippen molar-refractivity contribution in [2.24, 2.45) is 5.92 Å². The minimum absolute atomic E-state index is 0.0459. The molecular weight excluding hydrogens is 622 g/mol. The van der Waals surface area contributed by atoms with Crippen molar-refractivity contribution in [1.82, 2.24) is 19.9 Å². The van der Waals surface area contributed by atoms with Crippen LogP contribution in [0.3, 0.4) is 0 Å². The summed E-state index contributed by atoms with van der Waals surface area (Å²) < 4.78 is 34.0. The number of Topliss-reactive ketones (excluding diaryl/α,β-unsaturated/α-hetero) is 1. The molecule has 7 rings (SSSR count). The second-order valence-corrected chi connectivity index (χ2v) is 14.2. The number of nitro benzene ring substituents is 1. The molecule has 240 valence electrons. The van der Waals surface area contributed by atoms with E-state index in [0.29, 0.717) is 5.92 Å². The summed E-state index contributed by atoms with van der Waals surface area (Å²) in [6, 6.07) is 9.39. The fourth-order valence-electron chi connectivity index (χ4n) is 7.04. The number of ether oxygens (including phenoxy) is 1. The molecule has 2 aromatic carbocycles. The number of amides is 2. The van der Waals surface area contributed by atoms with Crippen molar-refractivity contribution in [2.45, 2.75) is 55.0 Å². The first-order valence-corrected chi connectivity index (χ1v) is 16.0. The van der Waals surface area contributed by atoms with E-state index in [1.54, 1.807) is 18.2 Å². The lowest BCUT2D eigenvalue weighted by Gasteiger charge is -2.34. The third-order valence-corrected chi connectivity index (χ3v) is 11.3. The van der Waals surface area contributed by atoms with Crippen LogP contribution in [0.4, 0.5) is 10.5 Å². The third kappa shape index (κ3) is 4.09. The van der Waals surface area contributed by atoms with Gasteiger partial charge in [0.05, 0.1) is 4.92 Å². The molecule has 4 aliphatic rings. The molecule has 2 fully saturated rings. The van der Waals surface area contributed by atoms with Gasteiger partial charge in [0.2, 0.25) is 11.3 Å². The SMILES string of the molecule is Cc1cc(S(=O)(=O)N2CC[C@H](NC(=O)O)C2)[nH]c1C(=O)NC12C(=O)c3cccc([N+](=O)[O-])c3C1(O)Oc1cc([C@@H]3C[C@H]3C)ccc12. The van der Waals surface area contributed by atoms with Crippen LogP contribution in [0, 0.1) is 23.0 Å². The number of rotatable bonds is 7. The van der Waals surface area contributed by atoms with Gasteiger partial charge in [-0.2, -0.15) is 4.31 Å². The molecule has 1 aromatic heterocycles. The number of H-pyrrole nitrogens is 1. The molecule has 0 radical (unpaired) electrons. The molecule has 46 heavy (non-hydrogen) atoms. The number of carboxylic acid groups (broad SMARTS) is 1. The molecule has 2 amide bonds. The topological polar surface area (TPSA) is 221 Å². The predicted molar refractivity (Wildman–Crippen MR) is 158 cm³/mol. The molecule has 2 aliphatic heterocycles. The molecule has 0 bridgehead atoms. The second-order valence-electron chi connectivity index (χ2n) is 12.3. The van der Waals surface area contributed by atoms with Crippen molar-refractivity contribution >= 4 is 33.5 Å². The van der Waals surface area contributed by atoms with Crippen LogP contribution >= 0.6 is 0 Å². The Balaban J connectivity index is 1.29. The number of hydrogen-bond donors (Lipinski definition) is 5. The summed E-state index contributed by atoms with van der Waals surface area (Å²) in [5.74, 6) is -3.77. The van der Waals surface area contributed by atoms with Crippen LogP contribution in [0.5, 0.6) is 5.75 Å². The van der Waals surface area contributed by atoms with Crippen LogP contribution in [0.25, 0.3) is 0 Å². The Bertz CT molecular complexity index is 1990. The summed E-state index contributed by atoms with van der Waals surface area (Å²) in [6.45, 7) is 3.50. The Kier molecular flexibility index (Phi) is 6.40. The monoisotopic (exact) mass is 651 g/mol. The number of nitrogens with zero attached hydrogens (tertiary/aromatic N) is 2. The van der Waals surface area contributed by atoms with Gasteiger partial charge in [0, 0.05) is 36.3 Å². The number of aryl methyl sites for hydroxylation is 1. The van der Waals surface area contributed by atoms with E-state index in [1.807, 2.05) is 0 Å². The number of ketones is 1. The molecular formula is C30H29N5O10S. The maximum Gasteiger partial charge on any atom is 0.404 e. The molecule has 16 heteroatoms. The van der Waals surface area contributed by atoms with E-state index in [2.05, 4.69) is 22.5 Å². The minimum atomic E-state index is -4.18. The van der Waals surface area contributed by atoms with Crippen LogP contribution in [0.15, 0.2) is 47.5 Å². The van der Waals surface area contributed by atoms with Gasteiger partial charge in [0.25, 0.3) is 27.4 Å². The first-order valence-electron chi connectivity index (χ1n) is 14.6. The van der Waals surface area contributed by atoms with Crippen LogP contribution in [0.2, 0.25) is 0 Å². The quantitative estimate of drug-likeness (QED) is 0.185. The van der Waals surface area contributed by atoms with Crippen LogP contribution in [-0.4, -0.2) is 69.8 Å². The fraction of sp³-hybridized carbons (Fsp3) is 0.367. The highest BCUT2D eigenvalue weighted by atomic mass is 32.2. The largest absolute Gasteiger partial charge is 0.465 e. The van der Waals surface area contributed by atoms with Crippen molar-refractivity contribution in [3.05, 3.63) is 86.1 Å². The van der Waals surface area contributed by atoms with Gasteiger partial charge < -0.3 is 30.6 Å². The van der Waals surface area contributed by atoms with Gasteiger partial charge in [-0.05, 0) is 54.9 Å². The number of aromatic amines is 1. The maximum absolute atomic E-state index is 14.3. The van der Waals surface area contributed by atoms with E-state index in [0.717, 1.165) is 22.4 Å². The number of sulfonamides is 1. The molecule has 3 heterocycles. The zero-order valence-electron chi connectivity index (χ0n) is 24.6. The number of aliphatic hydroxyl groups is 1. The molecule has 15 nitrogen and oxygen atoms in total. The van der Waals surface area contributed by atoms with E-state index in [9.17, 15) is 38.0 Å². The number of nitrogens with one attached hydrogen (secondary N) is 3. The van der Waals surface area contributed by atoms with Gasteiger partial charge in [0.1, 0.15) is 22.0 Å². The van der Waals surface area contributed by atoms with E-state index in [-0.39, 0.29) is 58.6 Å². The predicted octanol–water partition coefficient (Wildman–Crippen LogP) is 2.44. The smallest absolute Gasteiger partial charge is 0.404 e. The van der Waals surface area contributed by atoms with Crippen molar-refractivity contribution < 1.29 is 42.7 Å². The first kappa shape index (κ1) is 29.9. The zero-order chi connectivity index (χ0) is 32.9. The minimum Gasteiger partial charge on any atom is -0.465 e. The van der Waals surface area contributed by atoms with Gasteiger partial charge in [0.15, 0.2) is 0 Å². The number of fused-ring (bicyclic) bond motifs is 5. The Morgan fingerprint density at radius 2 is 1.96 bits per heavy atom. The van der Waals surface area contributed by atoms with Crippen LogP contribution in [0.1, 0.15) is 68.8 Å². The molecule has 2 unspecified atom stereocenters. The molecule has 3 aromatic rings. The number of hydrogen-bond acceptors (Lipinski definition) is 9. The molecule has 0 spiro atoms. The van der Waals surface area contributed by atoms with Gasteiger partial charge in [-0.3, -0.25) is 19.7 Å². The average Bonchev–Trinajstić information content (AvgIpc) is 3.28. The van der Waals surface area contributed by atoms with Crippen molar-refractivity contribution in [3.8, 4) is 5.75 Å². The highest BCUT2D eigenvalue weighted by Crippen LogP contribution is 2.61. The van der Waals surface area contributed by atoms with E-state index in [4.69, 9.17) is 9.84 Å². The Morgan fingerprint density at radius 1 is 1.22 bits per heavy atom. The van der Waals surface area contributed by atoms with E-state index >= 15 is 0 Å². The first-order chi connectivity index (χ1) is 21.7. The van der Waals surface area contributed by atoms with Crippen LogP contribution < -0.4 is 15.4 Å². The summed E-state index contributed by atoms with van der Waals surface area (Å²) in [6.07, 6.45) is -0.0816.